The fourth-order valence-corrected chi connectivity index (χ4v) is 2.49. The number of nitrogens with zero attached hydrogens (tertiary/aromatic N) is 1. The summed E-state index contributed by atoms with van der Waals surface area (Å²) in [5.41, 5.74) is 1.69. The van der Waals surface area contributed by atoms with Gasteiger partial charge >= 0.3 is 0 Å². The summed E-state index contributed by atoms with van der Waals surface area (Å²) in [6, 6.07) is 6.29. The molecule has 0 spiro atoms. The van der Waals surface area contributed by atoms with E-state index in [1.165, 1.54) is 0 Å². The van der Waals surface area contributed by atoms with Gasteiger partial charge in [-0.15, -0.1) is 0 Å². The molecule has 1 atom stereocenters. The van der Waals surface area contributed by atoms with Gasteiger partial charge in [0.15, 0.2) is 11.5 Å². The summed E-state index contributed by atoms with van der Waals surface area (Å²) in [5, 5.41) is 12.6. The van der Waals surface area contributed by atoms with Gasteiger partial charge in [-0.05, 0) is 51.1 Å². The van der Waals surface area contributed by atoms with Gasteiger partial charge in [0, 0.05) is 0 Å². The maximum atomic E-state index is 9.34. The third-order valence-corrected chi connectivity index (χ3v) is 3.54. The second-order valence-electron chi connectivity index (χ2n) is 5.41. The van der Waals surface area contributed by atoms with Crippen LogP contribution >= 0.6 is 0 Å². The summed E-state index contributed by atoms with van der Waals surface area (Å²) in [6.07, 6.45) is 0. The molecule has 102 valence electrons. The third-order valence-electron chi connectivity index (χ3n) is 3.54. The van der Waals surface area contributed by atoms with Crippen LogP contribution in [0.3, 0.4) is 0 Å². The molecule has 1 N–H and O–H groups in total. The first-order valence-corrected chi connectivity index (χ1v) is 6.48. The molecule has 0 aliphatic carbocycles. The smallest absolute Gasteiger partial charge is 0.161 e. The van der Waals surface area contributed by atoms with E-state index >= 15 is 0 Å². The van der Waals surface area contributed by atoms with Crippen molar-refractivity contribution in [3.8, 4) is 17.6 Å². The van der Waals surface area contributed by atoms with Crippen LogP contribution in [-0.2, 0) is 0 Å². The molecule has 2 rings (SSSR count). The van der Waals surface area contributed by atoms with Crippen LogP contribution in [0.1, 0.15) is 31.0 Å². The average Bonchev–Trinajstić information content (AvgIpc) is 2.40. The van der Waals surface area contributed by atoms with Crippen molar-refractivity contribution >= 4 is 0 Å². The summed E-state index contributed by atoms with van der Waals surface area (Å²) in [7, 11) is 1.88. The summed E-state index contributed by atoms with van der Waals surface area (Å²) < 4.78 is 11.2. The Morgan fingerprint density at radius 2 is 1.84 bits per heavy atom. The molecule has 1 aliphatic rings. The SMILES string of the molecule is CNC(c1cc2c(cc1C)OCCO2)C(C)(C)C#N. The molecule has 4 heteroatoms. The standard InChI is InChI=1S/C15H20N2O2/c1-10-7-12-13(19-6-5-18-12)8-11(10)14(17-4)15(2,3)9-16/h7-8,14,17H,5-6H2,1-4H3. The molecular formula is C15H20N2O2. The number of aryl methyl sites for hydroxylation is 1. The van der Waals surface area contributed by atoms with Gasteiger partial charge in [0.25, 0.3) is 0 Å². The van der Waals surface area contributed by atoms with Crippen molar-refractivity contribution < 1.29 is 9.47 Å². The largest absolute Gasteiger partial charge is 0.486 e. The Morgan fingerprint density at radius 1 is 1.26 bits per heavy atom. The van der Waals surface area contributed by atoms with E-state index in [0.717, 1.165) is 22.6 Å². The van der Waals surface area contributed by atoms with Crippen LogP contribution in [0, 0.1) is 23.7 Å². The fourth-order valence-electron chi connectivity index (χ4n) is 2.49. The lowest BCUT2D eigenvalue weighted by Crippen LogP contribution is -2.31. The molecule has 0 radical (unpaired) electrons. The minimum atomic E-state index is -0.497. The quantitative estimate of drug-likeness (QED) is 0.907. The van der Waals surface area contributed by atoms with Crippen LogP contribution in [-0.4, -0.2) is 20.3 Å². The first-order chi connectivity index (χ1) is 8.99. The first kappa shape index (κ1) is 13.7. The zero-order valence-corrected chi connectivity index (χ0v) is 11.9. The van der Waals surface area contributed by atoms with Crippen molar-refractivity contribution in [1.82, 2.24) is 5.32 Å². The number of nitriles is 1. The summed E-state index contributed by atoms with van der Waals surface area (Å²) in [4.78, 5) is 0. The fraction of sp³-hybridized carbons (Fsp3) is 0.533. The maximum Gasteiger partial charge on any atom is 0.161 e. The molecule has 0 saturated heterocycles. The van der Waals surface area contributed by atoms with Gasteiger partial charge in [0.1, 0.15) is 13.2 Å². The number of nitrogens with one attached hydrogen (secondary N) is 1. The number of hydrogen-bond donors (Lipinski definition) is 1. The zero-order valence-electron chi connectivity index (χ0n) is 11.9. The number of rotatable bonds is 3. The highest BCUT2D eigenvalue weighted by atomic mass is 16.6. The predicted molar refractivity (Wildman–Crippen MR) is 73.4 cm³/mol. The van der Waals surface area contributed by atoms with Crippen LogP contribution in [0.15, 0.2) is 12.1 Å². The Bertz CT molecular complexity index is 518. The molecule has 1 aliphatic heterocycles. The van der Waals surface area contributed by atoms with E-state index in [9.17, 15) is 5.26 Å². The molecular weight excluding hydrogens is 240 g/mol. The Hall–Kier alpha value is -1.73. The van der Waals surface area contributed by atoms with Crippen molar-refractivity contribution in [1.29, 1.82) is 5.26 Å². The molecule has 0 fully saturated rings. The van der Waals surface area contributed by atoms with Gasteiger partial charge in [-0.3, -0.25) is 0 Å². The molecule has 0 amide bonds. The number of fused-ring (bicyclic) bond motifs is 1. The molecule has 1 aromatic carbocycles. The lowest BCUT2D eigenvalue weighted by Gasteiger charge is -2.30. The van der Waals surface area contributed by atoms with E-state index in [0.29, 0.717) is 13.2 Å². The van der Waals surface area contributed by atoms with Crippen LogP contribution in [0.5, 0.6) is 11.5 Å². The number of ether oxygens (including phenoxy) is 2. The Kier molecular flexibility index (Phi) is 3.68. The van der Waals surface area contributed by atoms with Crippen LogP contribution in [0.25, 0.3) is 0 Å². The van der Waals surface area contributed by atoms with Gasteiger partial charge in [-0.1, -0.05) is 0 Å². The molecule has 1 aromatic rings. The van der Waals surface area contributed by atoms with E-state index in [1.54, 1.807) is 0 Å². The molecule has 0 saturated carbocycles. The normalized spacial score (nSPS) is 15.7. The van der Waals surface area contributed by atoms with Gasteiger partial charge in [0.05, 0.1) is 17.5 Å². The highest BCUT2D eigenvalue weighted by Gasteiger charge is 2.31. The number of benzene rings is 1. The Morgan fingerprint density at radius 3 is 2.37 bits per heavy atom. The van der Waals surface area contributed by atoms with Gasteiger partial charge in [-0.2, -0.15) is 5.26 Å². The molecule has 19 heavy (non-hydrogen) atoms. The Balaban J connectivity index is 2.47. The van der Waals surface area contributed by atoms with E-state index < -0.39 is 5.41 Å². The summed E-state index contributed by atoms with van der Waals surface area (Å²) in [6.45, 7) is 7.06. The average molecular weight is 260 g/mol. The molecule has 1 unspecified atom stereocenters. The second kappa shape index (κ2) is 5.10. The monoisotopic (exact) mass is 260 g/mol. The molecule has 4 nitrogen and oxygen atoms in total. The zero-order chi connectivity index (χ0) is 14.0. The highest BCUT2D eigenvalue weighted by molar-refractivity contribution is 5.49. The topological polar surface area (TPSA) is 54.3 Å². The van der Waals surface area contributed by atoms with Gasteiger partial charge in [-0.25, -0.2) is 0 Å². The highest BCUT2D eigenvalue weighted by Crippen LogP contribution is 2.40. The predicted octanol–water partition coefficient (Wildman–Crippen LogP) is 2.58. The van der Waals surface area contributed by atoms with Crippen molar-refractivity contribution in [3.63, 3.8) is 0 Å². The second-order valence-corrected chi connectivity index (χ2v) is 5.41. The molecule has 1 heterocycles. The van der Waals surface area contributed by atoms with E-state index in [2.05, 4.69) is 11.4 Å². The molecule has 0 aromatic heterocycles. The minimum absolute atomic E-state index is 0.0478. The van der Waals surface area contributed by atoms with Crippen LogP contribution in [0.2, 0.25) is 0 Å². The lowest BCUT2D eigenvalue weighted by atomic mass is 9.80. The van der Waals surface area contributed by atoms with E-state index in [1.807, 2.05) is 40.0 Å². The van der Waals surface area contributed by atoms with Crippen molar-refractivity contribution in [3.05, 3.63) is 23.3 Å². The lowest BCUT2D eigenvalue weighted by molar-refractivity contribution is 0.171. The van der Waals surface area contributed by atoms with E-state index in [-0.39, 0.29) is 6.04 Å². The minimum Gasteiger partial charge on any atom is -0.486 e. The van der Waals surface area contributed by atoms with Gasteiger partial charge < -0.3 is 14.8 Å². The first-order valence-electron chi connectivity index (χ1n) is 6.48. The van der Waals surface area contributed by atoms with Crippen LogP contribution < -0.4 is 14.8 Å². The third kappa shape index (κ3) is 2.52. The summed E-state index contributed by atoms with van der Waals surface area (Å²) in [5.74, 6) is 1.55. The van der Waals surface area contributed by atoms with Crippen LogP contribution in [0.4, 0.5) is 0 Å². The number of hydrogen-bond acceptors (Lipinski definition) is 4. The maximum absolute atomic E-state index is 9.34. The van der Waals surface area contributed by atoms with E-state index in [4.69, 9.17) is 9.47 Å². The van der Waals surface area contributed by atoms with Crippen molar-refractivity contribution in [2.24, 2.45) is 5.41 Å². The van der Waals surface area contributed by atoms with Crippen molar-refractivity contribution in [2.75, 3.05) is 20.3 Å². The van der Waals surface area contributed by atoms with Gasteiger partial charge in [0.2, 0.25) is 0 Å². The Labute approximate surface area is 114 Å². The van der Waals surface area contributed by atoms with Crippen molar-refractivity contribution in [2.45, 2.75) is 26.8 Å². The summed E-state index contributed by atoms with van der Waals surface area (Å²) >= 11 is 0. The molecule has 0 bridgehead atoms.